The number of amides is 1. The van der Waals surface area contributed by atoms with Gasteiger partial charge in [-0.05, 0) is 32.4 Å². The molecule has 0 saturated carbocycles. The third kappa shape index (κ3) is 4.29. The van der Waals surface area contributed by atoms with Gasteiger partial charge in [0.25, 0.3) is 5.91 Å². The molecule has 0 spiro atoms. The zero-order valence-corrected chi connectivity index (χ0v) is 13.5. The van der Waals surface area contributed by atoms with E-state index in [0.717, 1.165) is 17.1 Å². The summed E-state index contributed by atoms with van der Waals surface area (Å²) in [5, 5.41) is 7.17. The van der Waals surface area contributed by atoms with Crippen molar-refractivity contribution in [3.05, 3.63) is 45.9 Å². The quantitative estimate of drug-likeness (QED) is 0.859. The maximum absolute atomic E-state index is 12.3. The van der Waals surface area contributed by atoms with Gasteiger partial charge in [0.2, 0.25) is 0 Å². The van der Waals surface area contributed by atoms with Crippen molar-refractivity contribution in [2.45, 2.75) is 39.8 Å². The van der Waals surface area contributed by atoms with Crippen LogP contribution in [0.5, 0.6) is 0 Å². The molecule has 0 aliphatic carbocycles. The molecule has 1 amide bonds. The molecule has 4 nitrogen and oxygen atoms in total. The molecule has 0 aliphatic heterocycles. The van der Waals surface area contributed by atoms with Gasteiger partial charge in [-0.15, -0.1) is 11.3 Å². The molecule has 1 aromatic heterocycles. The summed E-state index contributed by atoms with van der Waals surface area (Å²) in [5.41, 5.74) is 1.52. The summed E-state index contributed by atoms with van der Waals surface area (Å²) >= 11 is 1.64. The third-order valence-corrected chi connectivity index (χ3v) is 4.11. The normalized spacial score (nSPS) is 10.7. The monoisotopic (exact) mass is 303 g/mol. The first-order valence-electron chi connectivity index (χ1n) is 7.17. The fourth-order valence-corrected chi connectivity index (χ4v) is 2.76. The Morgan fingerprint density at radius 3 is 2.76 bits per heavy atom. The number of hydrogen-bond donors (Lipinski definition) is 2. The SMILES string of the molecule is CCc1cnc(CNC(=O)c2ccccc2NC(C)C)s1. The number of thiazole rings is 1. The van der Waals surface area contributed by atoms with Gasteiger partial charge in [0.15, 0.2) is 0 Å². The Hall–Kier alpha value is -1.88. The number of anilines is 1. The molecule has 1 aromatic carbocycles. The van der Waals surface area contributed by atoms with Crippen molar-refractivity contribution in [1.82, 2.24) is 10.3 Å². The Balaban J connectivity index is 2.03. The molecular weight excluding hydrogens is 282 g/mol. The predicted molar refractivity (Wildman–Crippen MR) is 87.9 cm³/mol. The van der Waals surface area contributed by atoms with Gasteiger partial charge in [0.05, 0.1) is 12.1 Å². The lowest BCUT2D eigenvalue weighted by Crippen LogP contribution is -2.24. The number of para-hydroxylation sites is 1. The second-order valence-corrected chi connectivity index (χ2v) is 6.30. The summed E-state index contributed by atoms with van der Waals surface area (Å²) < 4.78 is 0. The van der Waals surface area contributed by atoms with Crippen LogP contribution in [0.2, 0.25) is 0 Å². The molecule has 2 aromatic rings. The van der Waals surface area contributed by atoms with Gasteiger partial charge in [-0.2, -0.15) is 0 Å². The number of carbonyl (C=O) groups is 1. The number of aryl methyl sites for hydroxylation is 1. The zero-order chi connectivity index (χ0) is 15.2. The Morgan fingerprint density at radius 1 is 1.33 bits per heavy atom. The van der Waals surface area contributed by atoms with Gasteiger partial charge in [-0.3, -0.25) is 4.79 Å². The molecular formula is C16H21N3OS. The predicted octanol–water partition coefficient (Wildman–Crippen LogP) is 3.46. The van der Waals surface area contributed by atoms with Gasteiger partial charge in [0, 0.05) is 22.8 Å². The minimum atomic E-state index is -0.0769. The van der Waals surface area contributed by atoms with Crippen LogP contribution in [0.25, 0.3) is 0 Å². The van der Waals surface area contributed by atoms with E-state index in [1.165, 1.54) is 4.88 Å². The van der Waals surface area contributed by atoms with Crippen LogP contribution < -0.4 is 10.6 Å². The average molecular weight is 303 g/mol. The lowest BCUT2D eigenvalue weighted by atomic mass is 10.1. The Morgan fingerprint density at radius 2 is 2.10 bits per heavy atom. The standard InChI is InChI=1S/C16H21N3OS/c1-4-12-9-17-15(21-12)10-18-16(20)13-7-5-6-8-14(13)19-11(2)3/h5-9,11,19H,4,10H2,1-3H3,(H,18,20). The molecule has 112 valence electrons. The van der Waals surface area contributed by atoms with E-state index in [-0.39, 0.29) is 11.9 Å². The molecule has 2 N–H and O–H groups in total. The van der Waals surface area contributed by atoms with Crippen molar-refractivity contribution in [2.75, 3.05) is 5.32 Å². The summed E-state index contributed by atoms with van der Waals surface area (Å²) in [5.74, 6) is -0.0769. The minimum Gasteiger partial charge on any atom is -0.382 e. The maximum Gasteiger partial charge on any atom is 0.253 e. The average Bonchev–Trinajstić information content (AvgIpc) is 2.93. The van der Waals surface area contributed by atoms with E-state index in [2.05, 4.69) is 36.4 Å². The van der Waals surface area contributed by atoms with Crippen molar-refractivity contribution >= 4 is 22.9 Å². The highest BCUT2D eigenvalue weighted by molar-refractivity contribution is 7.11. The molecule has 0 aliphatic rings. The van der Waals surface area contributed by atoms with Gasteiger partial charge >= 0.3 is 0 Å². The van der Waals surface area contributed by atoms with Crippen molar-refractivity contribution < 1.29 is 4.79 Å². The Kier molecular flexibility index (Phi) is 5.33. The highest BCUT2D eigenvalue weighted by Crippen LogP contribution is 2.17. The Labute approximate surface area is 129 Å². The maximum atomic E-state index is 12.3. The molecule has 0 fully saturated rings. The minimum absolute atomic E-state index is 0.0769. The molecule has 1 heterocycles. The van der Waals surface area contributed by atoms with Gasteiger partial charge in [-0.25, -0.2) is 4.98 Å². The van der Waals surface area contributed by atoms with Crippen LogP contribution in [0, 0.1) is 0 Å². The summed E-state index contributed by atoms with van der Waals surface area (Å²) in [6.07, 6.45) is 2.85. The van der Waals surface area contributed by atoms with E-state index in [4.69, 9.17) is 0 Å². The highest BCUT2D eigenvalue weighted by Gasteiger charge is 2.12. The molecule has 21 heavy (non-hydrogen) atoms. The van der Waals surface area contributed by atoms with Crippen LogP contribution in [0.1, 0.15) is 41.0 Å². The number of hydrogen-bond acceptors (Lipinski definition) is 4. The first-order chi connectivity index (χ1) is 10.1. The van der Waals surface area contributed by atoms with Gasteiger partial charge in [-0.1, -0.05) is 19.1 Å². The third-order valence-electron chi connectivity index (χ3n) is 2.97. The van der Waals surface area contributed by atoms with E-state index in [1.807, 2.05) is 30.5 Å². The molecule has 0 saturated heterocycles. The number of nitrogens with zero attached hydrogens (tertiary/aromatic N) is 1. The second kappa shape index (κ2) is 7.22. The molecule has 0 atom stereocenters. The first-order valence-corrected chi connectivity index (χ1v) is 7.99. The van der Waals surface area contributed by atoms with Crippen LogP contribution >= 0.6 is 11.3 Å². The van der Waals surface area contributed by atoms with Gasteiger partial charge in [0.1, 0.15) is 5.01 Å². The summed E-state index contributed by atoms with van der Waals surface area (Å²) in [7, 11) is 0. The highest BCUT2D eigenvalue weighted by atomic mass is 32.1. The lowest BCUT2D eigenvalue weighted by molar-refractivity contribution is 0.0951. The van der Waals surface area contributed by atoms with Crippen molar-refractivity contribution in [2.24, 2.45) is 0 Å². The Bertz CT molecular complexity index is 607. The van der Waals surface area contributed by atoms with E-state index in [9.17, 15) is 4.79 Å². The van der Waals surface area contributed by atoms with Crippen LogP contribution in [-0.4, -0.2) is 16.9 Å². The van der Waals surface area contributed by atoms with Crippen molar-refractivity contribution in [1.29, 1.82) is 0 Å². The number of rotatable bonds is 6. The second-order valence-electron chi connectivity index (χ2n) is 5.10. The molecule has 5 heteroatoms. The molecule has 0 unspecified atom stereocenters. The summed E-state index contributed by atoms with van der Waals surface area (Å²) in [6.45, 7) is 6.68. The van der Waals surface area contributed by atoms with E-state index >= 15 is 0 Å². The number of nitrogens with one attached hydrogen (secondary N) is 2. The van der Waals surface area contributed by atoms with Crippen LogP contribution in [0.4, 0.5) is 5.69 Å². The summed E-state index contributed by atoms with van der Waals surface area (Å²) in [4.78, 5) is 17.9. The molecule has 2 rings (SSSR count). The molecule has 0 bridgehead atoms. The van der Waals surface area contributed by atoms with Crippen LogP contribution in [-0.2, 0) is 13.0 Å². The zero-order valence-electron chi connectivity index (χ0n) is 12.6. The van der Waals surface area contributed by atoms with Crippen LogP contribution in [0.15, 0.2) is 30.5 Å². The smallest absolute Gasteiger partial charge is 0.253 e. The van der Waals surface area contributed by atoms with Crippen molar-refractivity contribution in [3.8, 4) is 0 Å². The largest absolute Gasteiger partial charge is 0.382 e. The fraction of sp³-hybridized carbons (Fsp3) is 0.375. The van der Waals surface area contributed by atoms with E-state index in [0.29, 0.717) is 12.1 Å². The van der Waals surface area contributed by atoms with Crippen molar-refractivity contribution in [3.63, 3.8) is 0 Å². The number of aromatic nitrogens is 1. The van der Waals surface area contributed by atoms with E-state index in [1.54, 1.807) is 11.3 Å². The first kappa shape index (κ1) is 15.5. The fourth-order valence-electron chi connectivity index (χ4n) is 1.96. The number of benzene rings is 1. The van der Waals surface area contributed by atoms with Gasteiger partial charge < -0.3 is 10.6 Å². The van der Waals surface area contributed by atoms with Crippen LogP contribution in [0.3, 0.4) is 0 Å². The number of carbonyl (C=O) groups excluding carboxylic acids is 1. The summed E-state index contributed by atoms with van der Waals surface area (Å²) in [6, 6.07) is 7.84. The van der Waals surface area contributed by atoms with E-state index < -0.39 is 0 Å². The lowest BCUT2D eigenvalue weighted by Gasteiger charge is -2.14. The topological polar surface area (TPSA) is 54.0 Å². The molecule has 0 radical (unpaired) electrons.